The van der Waals surface area contributed by atoms with E-state index >= 15 is 0 Å². The minimum absolute atomic E-state index is 0.0964. The molecule has 156 valence electrons. The number of methoxy groups -OCH3 is 2. The number of Topliss-reactive ketones (excluding diaryl/α,β-unsaturated/α-hetero) is 1. The van der Waals surface area contributed by atoms with E-state index in [1.54, 1.807) is 0 Å². The molecule has 28 heavy (non-hydrogen) atoms. The van der Waals surface area contributed by atoms with Gasteiger partial charge in [-0.25, -0.2) is 4.79 Å². The lowest BCUT2D eigenvalue weighted by Crippen LogP contribution is -2.65. The molecule has 0 aromatic heterocycles. The van der Waals surface area contributed by atoms with E-state index in [0.717, 1.165) is 31.3 Å². The zero-order valence-electron chi connectivity index (χ0n) is 17.5. The third kappa shape index (κ3) is 2.92. The van der Waals surface area contributed by atoms with Gasteiger partial charge in [0.25, 0.3) is 0 Å². The Morgan fingerprint density at radius 3 is 2.46 bits per heavy atom. The first-order valence-corrected chi connectivity index (χ1v) is 10.2. The molecule has 0 bridgehead atoms. The molecule has 7 atom stereocenters. The monoisotopic (exact) mass is 392 g/mol. The number of rotatable bonds is 2. The van der Waals surface area contributed by atoms with Crippen molar-refractivity contribution in [1.82, 2.24) is 0 Å². The van der Waals surface area contributed by atoms with E-state index in [0.29, 0.717) is 6.42 Å². The zero-order chi connectivity index (χ0) is 20.9. The van der Waals surface area contributed by atoms with Crippen LogP contribution in [0.1, 0.15) is 52.9 Å². The molecule has 3 rings (SSSR count). The Bertz CT molecular complexity index is 712. The molecule has 0 unspecified atom stereocenters. The van der Waals surface area contributed by atoms with Crippen molar-refractivity contribution in [1.29, 1.82) is 0 Å². The maximum absolute atomic E-state index is 13.4. The van der Waals surface area contributed by atoms with E-state index < -0.39 is 23.4 Å². The normalized spacial score (nSPS) is 44.4. The molecule has 0 saturated heterocycles. The lowest BCUT2D eigenvalue weighted by Gasteiger charge is -2.61. The van der Waals surface area contributed by atoms with Crippen LogP contribution in [0, 0.1) is 34.5 Å². The molecule has 0 aromatic rings. The first-order chi connectivity index (χ1) is 13.1. The second-order valence-electron chi connectivity index (χ2n) is 9.30. The zero-order valence-corrected chi connectivity index (χ0v) is 17.5. The molecule has 0 heterocycles. The Morgan fingerprint density at radius 2 is 1.86 bits per heavy atom. The molecule has 6 heteroatoms. The summed E-state index contributed by atoms with van der Waals surface area (Å²) in [5.41, 5.74) is -0.350. The summed E-state index contributed by atoms with van der Waals surface area (Å²) in [6, 6.07) is 0. The van der Waals surface area contributed by atoms with Crippen LogP contribution in [0.15, 0.2) is 11.6 Å². The molecular weight excluding hydrogens is 360 g/mol. The molecule has 0 amide bonds. The number of allylic oxidation sites excluding steroid dienone is 1. The number of ketones is 1. The van der Waals surface area contributed by atoms with E-state index in [1.165, 1.54) is 20.3 Å². The molecule has 3 saturated carbocycles. The van der Waals surface area contributed by atoms with Crippen LogP contribution in [0.3, 0.4) is 0 Å². The second kappa shape index (κ2) is 7.29. The van der Waals surface area contributed by atoms with Crippen LogP contribution in [-0.4, -0.2) is 43.2 Å². The third-order valence-corrected chi connectivity index (χ3v) is 8.02. The van der Waals surface area contributed by atoms with Crippen molar-refractivity contribution in [2.45, 2.75) is 59.0 Å². The highest BCUT2D eigenvalue weighted by Crippen LogP contribution is 2.64. The number of carbonyl (C=O) groups is 3. The maximum atomic E-state index is 13.4. The molecule has 0 aromatic carbocycles. The van der Waals surface area contributed by atoms with Gasteiger partial charge in [0, 0.05) is 17.9 Å². The Labute approximate surface area is 166 Å². The minimum atomic E-state index is -1.14. The molecule has 6 nitrogen and oxygen atoms in total. The minimum Gasteiger partial charge on any atom is -0.469 e. The Morgan fingerprint density at radius 1 is 1.18 bits per heavy atom. The second-order valence-corrected chi connectivity index (χ2v) is 9.30. The summed E-state index contributed by atoms with van der Waals surface area (Å²) in [7, 11) is 2.70. The summed E-state index contributed by atoms with van der Waals surface area (Å²) < 4.78 is 9.83. The number of hydrogen-bond acceptors (Lipinski definition) is 6. The standard InChI is InChI=1S/C22H32O6/c1-12-13(11-15(23)27-4)7-8-14-16(12)17(24)18(25)19-21(14,2)9-6-10-22(19,3)20(26)28-5/h11-12,14,16-17,19,24H,6-10H2,1-5H3/b13-11+/t12-,14-,16-,17+,19+,21+,22-/m0/s1. The number of aliphatic hydroxyl groups excluding tert-OH is 1. The van der Waals surface area contributed by atoms with Crippen LogP contribution in [0.25, 0.3) is 0 Å². The number of ether oxygens (including phenoxy) is 2. The SMILES string of the molecule is COC(=O)/C=C1\CC[C@H]2[C@@H]([C@@H](O)C(=O)[C@@H]3[C@]2(C)CCC[C@]3(C)C(=O)OC)[C@H]1C. The molecular formula is C22H32O6. The Kier molecular flexibility index (Phi) is 5.47. The van der Waals surface area contributed by atoms with Gasteiger partial charge in [-0.3, -0.25) is 9.59 Å². The van der Waals surface area contributed by atoms with E-state index in [2.05, 4.69) is 6.92 Å². The molecule has 1 N–H and O–H groups in total. The first kappa shape index (κ1) is 21.0. The van der Waals surface area contributed by atoms with E-state index in [-0.39, 0.29) is 34.9 Å². The van der Waals surface area contributed by atoms with Crippen LogP contribution >= 0.6 is 0 Å². The van der Waals surface area contributed by atoms with Gasteiger partial charge >= 0.3 is 11.9 Å². The fourth-order valence-corrected chi connectivity index (χ4v) is 6.72. The summed E-state index contributed by atoms with van der Waals surface area (Å²) in [6.45, 7) is 5.91. The van der Waals surface area contributed by atoms with E-state index in [9.17, 15) is 19.5 Å². The van der Waals surface area contributed by atoms with Gasteiger partial charge in [-0.05, 0) is 49.9 Å². The van der Waals surface area contributed by atoms with Crippen molar-refractivity contribution in [3.05, 3.63) is 11.6 Å². The molecule has 3 aliphatic rings. The summed E-state index contributed by atoms with van der Waals surface area (Å²) >= 11 is 0. The van der Waals surface area contributed by atoms with Gasteiger partial charge in [-0.2, -0.15) is 0 Å². The van der Waals surface area contributed by atoms with Gasteiger partial charge in [0.1, 0.15) is 6.10 Å². The largest absolute Gasteiger partial charge is 0.469 e. The van der Waals surface area contributed by atoms with Gasteiger partial charge in [0.15, 0.2) is 5.78 Å². The van der Waals surface area contributed by atoms with Crippen LogP contribution in [-0.2, 0) is 23.9 Å². The molecule has 0 spiro atoms. The van der Waals surface area contributed by atoms with Gasteiger partial charge in [0.2, 0.25) is 0 Å². The average Bonchev–Trinajstić information content (AvgIpc) is 2.66. The fourth-order valence-electron chi connectivity index (χ4n) is 6.72. The fraction of sp³-hybridized carbons (Fsp3) is 0.773. The summed E-state index contributed by atoms with van der Waals surface area (Å²) in [5, 5.41) is 11.0. The maximum Gasteiger partial charge on any atom is 0.330 e. The van der Waals surface area contributed by atoms with Crippen LogP contribution in [0.4, 0.5) is 0 Å². The summed E-state index contributed by atoms with van der Waals surface area (Å²) in [5.74, 6) is -1.80. The molecule has 0 aliphatic heterocycles. The number of carbonyl (C=O) groups excluding carboxylic acids is 3. The number of aliphatic hydroxyl groups is 1. The van der Waals surface area contributed by atoms with Crippen LogP contribution in [0.5, 0.6) is 0 Å². The smallest absolute Gasteiger partial charge is 0.330 e. The third-order valence-electron chi connectivity index (χ3n) is 8.02. The van der Waals surface area contributed by atoms with Crippen molar-refractivity contribution in [3.8, 4) is 0 Å². The van der Waals surface area contributed by atoms with Crippen molar-refractivity contribution in [2.75, 3.05) is 14.2 Å². The Balaban J connectivity index is 2.03. The quantitative estimate of drug-likeness (QED) is 0.574. The van der Waals surface area contributed by atoms with Crippen molar-refractivity contribution in [3.63, 3.8) is 0 Å². The van der Waals surface area contributed by atoms with Crippen molar-refractivity contribution >= 4 is 17.7 Å². The molecule has 3 aliphatic carbocycles. The van der Waals surface area contributed by atoms with Gasteiger partial charge in [-0.1, -0.05) is 25.8 Å². The molecule has 0 radical (unpaired) electrons. The number of esters is 2. The summed E-state index contributed by atoms with van der Waals surface area (Å²) in [6.07, 6.45) is 4.19. The van der Waals surface area contributed by atoms with Gasteiger partial charge in [0.05, 0.1) is 19.6 Å². The predicted molar refractivity (Wildman–Crippen MR) is 102 cm³/mol. The van der Waals surface area contributed by atoms with Crippen LogP contribution < -0.4 is 0 Å². The summed E-state index contributed by atoms with van der Waals surface area (Å²) in [4.78, 5) is 37.8. The van der Waals surface area contributed by atoms with Crippen LogP contribution in [0.2, 0.25) is 0 Å². The predicted octanol–water partition coefficient (Wildman–Crippen LogP) is 2.68. The molecule has 3 fully saturated rings. The van der Waals surface area contributed by atoms with Crippen molar-refractivity contribution < 1.29 is 29.0 Å². The highest BCUT2D eigenvalue weighted by molar-refractivity contribution is 5.93. The highest BCUT2D eigenvalue weighted by Gasteiger charge is 2.66. The van der Waals surface area contributed by atoms with Gasteiger partial charge in [-0.15, -0.1) is 0 Å². The lowest BCUT2D eigenvalue weighted by molar-refractivity contribution is -0.193. The lowest BCUT2D eigenvalue weighted by atomic mass is 9.42. The Hall–Kier alpha value is -1.69. The highest BCUT2D eigenvalue weighted by atomic mass is 16.5. The van der Waals surface area contributed by atoms with E-state index in [4.69, 9.17) is 9.47 Å². The first-order valence-electron chi connectivity index (χ1n) is 10.2. The number of hydrogen-bond donors (Lipinski definition) is 1. The average molecular weight is 392 g/mol. The number of fused-ring (bicyclic) bond motifs is 3. The topological polar surface area (TPSA) is 89.9 Å². The van der Waals surface area contributed by atoms with Gasteiger partial charge < -0.3 is 14.6 Å². The van der Waals surface area contributed by atoms with Crippen molar-refractivity contribution in [2.24, 2.45) is 34.5 Å². The van der Waals surface area contributed by atoms with E-state index in [1.807, 2.05) is 13.8 Å².